The second-order valence-electron chi connectivity index (χ2n) is 5.87. The van der Waals surface area contributed by atoms with Gasteiger partial charge in [-0.25, -0.2) is 0 Å². The van der Waals surface area contributed by atoms with Gasteiger partial charge in [-0.15, -0.1) is 0 Å². The van der Waals surface area contributed by atoms with Crippen LogP contribution in [-0.2, 0) is 14.3 Å². The van der Waals surface area contributed by atoms with E-state index in [2.05, 4.69) is 5.32 Å². The van der Waals surface area contributed by atoms with Crippen LogP contribution in [0.2, 0.25) is 5.02 Å². The Morgan fingerprint density at radius 1 is 1.26 bits per heavy atom. The van der Waals surface area contributed by atoms with Gasteiger partial charge in [-0.3, -0.25) is 14.5 Å². The fraction of sp³-hybridized carbons (Fsp3) is 0.200. The van der Waals surface area contributed by atoms with Crippen LogP contribution in [0.15, 0.2) is 58.3 Å². The smallest absolute Gasteiger partial charge is 0.265 e. The number of amides is 2. The number of carbonyl (C=O) groups is 2. The average Bonchev–Trinajstić information content (AvgIpc) is 2.65. The first-order valence-electron chi connectivity index (χ1n) is 8.40. The molecule has 0 aromatic heterocycles. The van der Waals surface area contributed by atoms with E-state index in [1.807, 2.05) is 36.4 Å². The van der Waals surface area contributed by atoms with Gasteiger partial charge in [0.05, 0.1) is 17.2 Å². The number of nitrogens with zero attached hydrogens (tertiary/aromatic N) is 1. The van der Waals surface area contributed by atoms with Gasteiger partial charge in [-0.1, -0.05) is 47.6 Å². The van der Waals surface area contributed by atoms with Crippen molar-refractivity contribution in [1.82, 2.24) is 5.32 Å². The quantitative estimate of drug-likeness (QED) is 0.592. The van der Waals surface area contributed by atoms with Crippen LogP contribution in [0.25, 0.3) is 6.08 Å². The zero-order valence-electron chi connectivity index (χ0n) is 14.8. The lowest BCUT2D eigenvalue weighted by atomic mass is 10.2. The maximum Gasteiger partial charge on any atom is 0.265 e. The number of nitrogens with one attached hydrogen (secondary N) is 1. The van der Waals surface area contributed by atoms with Gasteiger partial charge < -0.3 is 10.1 Å². The monoisotopic (exact) mass is 402 g/mol. The molecule has 2 aromatic rings. The Labute approximate surface area is 167 Å². The maximum atomic E-state index is 13.0. The van der Waals surface area contributed by atoms with Crippen LogP contribution in [-0.4, -0.2) is 38.6 Å². The van der Waals surface area contributed by atoms with E-state index in [1.165, 1.54) is 16.7 Å². The Morgan fingerprint density at radius 2 is 2.07 bits per heavy atom. The molecule has 1 aliphatic heterocycles. The van der Waals surface area contributed by atoms with E-state index < -0.39 is 0 Å². The lowest BCUT2D eigenvalue weighted by Gasteiger charge is -2.29. The molecular weight excluding hydrogens is 384 g/mol. The molecule has 3 rings (SSSR count). The molecule has 7 heteroatoms. The van der Waals surface area contributed by atoms with Crippen molar-refractivity contribution in [3.05, 3.63) is 64.0 Å². The van der Waals surface area contributed by atoms with Crippen molar-refractivity contribution < 1.29 is 14.3 Å². The lowest BCUT2D eigenvalue weighted by Crippen LogP contribution is -2.43. The lowest BCUT2D eigenvalue weighted by molar-refractivity contribution is -0.122. The highest BCUT2D eigenvalue weighted by molar-refractivity contribution is 8.04. The highest BCUT2D eigenvalue weighted by atomic mass is 35.5. The number of benzene rings is 2. The molecule has 1 heterocycles. The molecule has 0 aliphatic carbocycles. The number of thioether (sulfide) groups is 1. The van der Waals surface area contributed by atoms with Crippen molar-refractivity contribution in [3.63, 3.8) is 0 Å². The molecule has 0 saturated carbocycles. The second-order valence-corrected chi connectivity index (χ2v) is 7.39. The van der Waals surface area contributed by atoms with Gasteiger partial charge in [0.15, 0.2) is 0 Å². The van der Waals surface area contributed by atoms with Crippen LogP contribution in [0.1, 0.15) is 5.56 Å². The number of halogens is 1. The zero-order chi connectivity index (χ0) is 19.2. The number of anilines is 1. The molecule has 0 saturated heterocycles. The first-order chi connectivity index (χ1) is 13.1. The average molecular weight is 403 g/mol. The third-order valence-electron chi connectivity index (χ3n) is 3.91. The summed E-state index contributed by atoms with van der Waals surface area (Å²) in [6, 6.07) is 14.9. The SMILES string of the molecule is COCCNC(=O)CN1C(=O)/C(=C/c2cccc(Cl)c2)Sc2ccccc21. The number of ether oxygens (including phenoxy) is 1. The Hall–Kier alpha value is -2.28. The molecule has 0 radical (unpaired) electrons. The predicted octanol–water partition coefficient (Wildman–Crippen LogP) is 3.58. The second kappa shape index (κ2) is 9.08. The van der Waals surface area contributed by atoms with E-state index in [0.717, 1.165) is 16.1 Å². The van der Waals surface area contributed by atoms with E-state index >= 15 is 0 Å². The summed E-state index contributed by atoms with van der Waals surface area (Å²) in [7, 11) is 1.57. The van der Waals surface area contributed by atoms with Crippen molar-refractivity contribution in [3.8, 4) is 0 Å². The van der Waals surface area contributed by atoms with Crippen molar-refractivity contribution >= 4 is 46.9 Å². The van der Waals surface area contributed by atoms with E-state index in [9.17, 15) is 9.59 Å². The van der Waals surface area contributed by atoms with E-state index in [0.29, 0.717) is 23.1 Å². The highest BCUT2D eigenvalue weighted by Gasteiger charge is 2.30. The number of hydrogen-bond acceptors (Lipinski definition) is 4. The van der Waals surface area contributed by atoms with Crippen LogP contribution in [0.3, 0.4) is 0 Å². The van der Waals surface area contributed by atoms with Crippen LogP contribution in [0.5, 0.6) is 0 Å². The molecule has 140 valence electrons. The molecule has 0 fully saturated rings. The van der Waals surface area contributed by atoms with Crippen molar-refractivity contribution in [2.24, 2.45) is 0 Å². The van der Waals surface area contributed by atoms with Gasteiger partial charge in [-0.2, -0.15) is 0 Å². The van der Waals surface area contributed by atoms with Gasteiger partial charge in [0, 0.05) is 23.6 Å². The number of fused-ring (bicyclic) bond motifs is 1. The molecule has 0 spiro atoms. The molecule has 2 aromatic carbocycles. The number of para-hydroxylation sites is 1. The third kappa shape index (κ3) is 4.91. The third-order valence-corrected chi connectivity index (χ3v) is 5.22. The molecule has 0 atom stereocenters. The predicted molar refractivity (Wildman–Crippen MR) is 109 cm³/mol. The molecular formula is C20H19ClN2O3S. The number of rotatable bonds is 6. The minimum Gasteiger partial charge on any atom is -0.383 e. The standard InChI is InChI=1S/C20H19ClN2O3S/c1-26-10-9-22-19(24)13-23-16-7-2-3-8-17(16)27-18(20(23)25)12-14-5-4-6-15(21)11-14/h2-8,11-12H,9-10,13H2,1H3,(H,22,24)/b18-12-. The highest BCUT2D eigenvalue weighted by Crippen LogP contribution is 2.41. The van der Waals surface area contributed by atoms with Crippen LogP contribution in [0, 0.1) is 0 Å². The fourth-order valence-corrected chi connectivity index (χ4v) is 3.92. The fourth-order valence-electron chi connectivity index (χ4n) is 2.66. The molecule has 0 unspecified atom stereocenters. The summed E-state index contributed by atoms with van der Waals surface area (Å²) in [4.78, 5) is 28.3. The molecule has 5 nitrogen and oxygen atoms in total. The zero-order valence-corrected chi connectivity index (χ0v) is 16.3. The van der Waals surface area contributed by atoms with Crippen molar-refractivity contribution in [2.75, 3.05) is 31.7 Å². The van der Waals surface area contributed by atoms with Crippen LogP contribution < -0.4 is 10.2 Å². The minimum atomic E-state index is -0.232. The van der Waals surface area contributed by atoms with Gasteiger partial charge in [0.2, 0.25) is 5.91 Å². The summed E-state index contributed by atoms with van der Waals surface area (Å²) in [5.74, 6) is -0.440. The Bertz CT molecular complexity index is 885. The summed E-state index contributed by atoms with van der Waals surface area (Å²) < 4.78 is 4.93. The van der Waals surface area contributed by atoms with Crippen LogP contribution >= 0.6 is 23.4 Å². The molecule has 27 heavy (non-hydrogen) atoms. The van der Waals surface area contributed by atoms with Crippen molar-refractivity contribution in [1.29, 1.82) is 0 Å². The molecule has 2 amide bonds. The topological polar surface area (TPSA) is 58.6 Å². The number of hydrogen-bond donors (Lipinski definition) is 1. The summed E-state index contributed by atoms with van der Waals surface area (Å²) in [6.07, 6.45) is 1.80. The van der Waals surface area contributed by atoms with E-state index in [4.69, 9.17) is 16.3 Å². The van der Waals surface area contributed by atoms with E-state index in [1.54, 1.807) is 25.3 Å². The number of methoxy groups -OCH3 is 1. The van der Waals surface area contributed by atoms with E-state index in [-0.39, 0.29) is 18.4 Å². The Morgan fingerprint density at radius 3 is 2.85 bits per heavy atom. The molecule has 0 bridgehead atoms. The van der Waals surface area contributed by atoms with Gasteiger partial charge in [0.25, 0.3) is 5.91 Å². The van der Waals surface area contributed by atoms with Crippen molar-refractivity contribution in [2.45, 2.75) is 4.90 Å². The van der Waals surface area contributed by atoms with Gasteiger partial charge >= 0.3 is 0 Å². The minimum absolute atomic E-state index is 0.0486. The summed E-state index contributed by atoms with van der Waals surface area (Å²) >= 11 is 7.44. The summed E-state index contributed by atoms with van der Waals surface area (Å²) in [5, 5.41) is 3.36. The first-order valence-corrected chi connectivity index (χ1v) is 9.59. The first kappa shape index (κ1) is 19.5. The van der Waals surface area contributed by atoms with Crippen LogP contribution in [0.4, 0.5) is 5.69 Å². The van der Waals surface area contributed by atoms with Gasteiger partial charge in [0.1, 0.15) is 6.54 Å². The Balaban J connectivity index is 1.87. The number of carbonyl (C=O) groups excluding carboxylic acids is 2. The van der Waals surface area contributed by atoms with Gasteiger partial charge in [-0.05, 0) is 35.9 Å². The molecule has 1 aliphatic rings. The summed E-state index contributed by atoms with van der Waals surface area (Å²) in [5.41, 5.74) is 1.57. The summed E-state index contributed by atoms with van der Waals surface area (Å²) in [6.45, 7) is 0.776. The Kier molecular flexibility index (Phi) is 6.55. The normalized spacial score (nSPS) is 15.0. The maximum absolute atomic E-state index is 13.0. The molecule has 1 N–H and O–H groups in total. The largest absolute Gasteiger partial charge is 0.383 e.